The number of hydrogen-bond acceptors (Lipinski definition) is 2. The molecule has 0 saturated heterocycles. The molecule has 0 heterocycles. The minimum absolute atomic E-state index is 0.662. The molecule has 0 fully saturated rings. The molecular formula is C18H16BrNO. The quantitative estimate of drug-likeness (QED) is 0.889. The molecular weight excluding hydrogens is 326 g/mol. The maximum atomic E-state index is 10.9. The standard InChI is InChI=1S/C18H16BrNO/c1-12-6-7-14(10-16(12)19)17(21)18(11-20)9-8-13-4-2-3-5-15(13)18/h2-7,10,17,21H,8-9H2,1H3. The summed E-state index contributed by atoms with van der Waals surface area (Å²) in [5, 5.41) is 20.7. The fourth-order valence-corrected chi connectivity index (χ4v) is 3.56. The van der Waals surface area contributed by atoms with Crippen LogP contribution in [-0.2, 0) is 11.8 Å². The summed E-state index contributed by atoms with van der Waals surface area (Å²) in [5.74, 6) is 0. The molecule has 2 unspecified atom stereocenters. The van der Waals surface area contributed by atoms with Crippen LogP contribution in [-0.4, -0.2) is 5.11 Å². The molecule has 3 rings (SSSR count). The first-order chi connectivity index (χ1) is 10.1. The third-order valence-electron chi connectivity index (χ3n) is 4.46. The maximum Gasteiger partial charge on any atom is 0.113 e. The second kappa shape index (κ2) is 5.29. The molecule has 21 heavy (non-hydrogen) atoms. The number of aliphatic hydroxyl groups is 1. The van der Waals surface area contributed by atoms with E-state index < -0.39 is 11.5 Å². The molecule has 1 aliphatic rings. The number of rotatable bonds is 2. The Morgan fingerprint density at radius 1 is 1.29 bits per heavy atom. The first-order valence-corrected chi connectivity index (χ1v) is 7.81. The number of aliphatic hydroxyl groups excluding tert-OH is 1. The van der Waals surface area contributed by atoms with Crippen molar-refractivity contribution < 1.29 is 5.11 Å². The van der Waals surface area contributed by atoms with Gasteiger partial charge < -0.3 is 5.11 Å². The van der Waals surface area contributed by atoms with Crippen molar-refractivity contribution in [3.8, 4) is 6.07 Å². The van der Waals surface area contributed by atoms with Crippen molar-refractivity contribution in [3.05, 3.63) is 69.2 Å². The van der Waals surface area contributed by atoms with Crippen molar-refractivity contribution in [1.82, 2.24) is 0 Å². The molecule has 0 aliphatic heterocycles. The number of nitriles is 1. The Labute approximate surface area is 133 Å². The van der Waals surface area contributed by atoms with Crippen LogP contribution in [0.25, 0.3) is 0 Å². The summed E-state index contributed by atoms with van der Waals surface area (Å²) >= 11 is 3.50. The highest BCUT2D eigenvalue weighted by Crippen LogP contribution is 2.47. The lowest BCUT2D eigenvalue weighted by atomic mass is 9.75. The molecule has 106 valence electrons. The molecule has 0 amide bonds. The number of fused-ring (bicyclic) bond motifs is 1. The van der Waals surface area contributed by atoms with Crippen LogP contribution >= 0.6 is 15.9 Å². The molecule has 2 aromatic carbocycles. The Morgan fingerprint density at radius 2 is 2.05 bits per heavy atom. The third kappa shape index (κ3) is 2.19. The SMILES string of the molecule is Cc1ccc(C(O)C2(C#N)CCc3ccccc32)cc1Br. The molecule has 1 N–H and O–H groups in total. The molecule has 2 nitrogen and oxygen atoms in total. The van der Waals surface area contributed by atoms with E-state index in [0.29, 0.717) is 6.42 Å². The number of nitrogens with zero attached hydrogens (tertiary/aromatic N) is 1. The highest BCUT2D eigenvalue weighted by molar-refractivity contribution is 9.10. The highest BCUT2D eigenvalue weighted by Gasteiger charge is 2.45. The second-order valence-electron chi connectivity index (χ2n) is 5.65. The van der Waals surface area contributed by atoms with Gasteiger partial charge in [-0.3, -0.25) is 0 Å². The number of hydrogen-bond donors (Lipinski definition) is 1. The zero-order valence-corrected chi connectivity index (χ0v) is 13.4. The Bertz CT molecular complexity index is 734. The van der Waals surface area contributed by atoms with Gasteiger partial charge in [-0.1, -0.05) is 52.3 Å². The maximum absolute atomic E-state index is 10.9. The fourth-order valence-electron chi connectivity index (χ4n) is 3.17. The largest absolute Gasteiger partial charge is 0.386 e. The van der Waals surface area contributed by atoms with E-state index in [9.17, 15) is 10.4 Å². The van der Waals surface area contributed by atoms with E-state index in [1.807, 2.05) is 49.4 Å². The molecule has 0 spiro atoms. The number of halogens is 1. The lowest BCUT2D eigenvalue weighted by Gasteiger charge is -2.29. The van der Waals surface area contributed by atoms with Crippen molar-refractivity contribution in [2.24, 2.45) is 0 Å². The minimum atomic E-state index is -0.842. The van der Waals surface area contributed by atoms with Gasteiger partial charge in [-0.05, 0) is 48.1 Å². The molecule has 0 saturated carbocycles. The normalized spacial score (nSPS) is 21.6. The van der Waals surface area contributed by atoms with E-state index in [4.69, 9.17) is 0 Å². The first kappa shape index (κ1) is 14.3. The van der Waals surface area contributed by atoms with Gasteiger partial charge in [0.05, 0.1) is 6.07 Å². The Morgan fingerprint density at radius 3 is 2.76 bits per heavy atom. The van der Waals surface area contributed by atoms with Crippen molar-refractivity contribution in [2.75, 3.05) is 0 Å². The van der Waals surface area contributed by atoms with Crippen LogP contribution in [0.5, 0.6) is 0 Å². The van der Waals surface area contributed by atoms with Gasteiger partial charge in [0, 0.05) is 4.47 Å². The van der Waals surface area contributed by atoms with Crippen molar-refractivity contribution in [2.45, 2.75) is 31.3 Å². The van der Waals surface area contributed by atoms with Gasteiger partial charge in [-0.15, -0.1) is 0 Å². The topological polar surface area (TPSA) is 44.0 Å². The number of benzene rings is 2. The van der Waals surface area contributed by atoms with Crippen LogP contribution in [0.15, 0.2) is 46.9 Å². The predicted molar refractivity (Wildman–Crippen MR) is 85.9 cm³/mol. The van der Waals surface area contributed by atoms with Crippen LogP contribution in [0.3, 0.4) is 0 Å². The van der Waals surface area contributed by atoms with E-state index in [0.717, 1.165) is 27.6 Å². The monoisotopic (exact) mass is 341 g/mol. The molecule has 2 aromatic rings. The summed E-state index contributed by atoms with van der Waals surface area (Å²) < 4.78 is 0.957. The molecule has 0 bridgehead atoms. The molecule has 0 aromatic heterocycles. The fraction of sp³-hybridized carbons (Fsp3) is 0.278. The third-order valence-corrected chi connectivity index (χ3v) is 5.32. The van der Waals surface area contributed by atoms with Crippen molar-refractivity contribution >= 4 is 15.9 Å². The second-order valence-corrected chi connectivity index (χ2v) is 6.51. The first-order valence-electron chi connectivity index (χ1n) is 7.02. The van der Waals surface area contributed by atoms with Gasteiger partial charge >= 0.3 is 0 Å². The van der Waals surface area contributed by atoms with Crippen LogP contribution in [0.2, 0.25) is 0 Å². The molecule has 2 atom stereocenters. The number of aryl methyl sites for hydroxylation is 2. The van der Waals surface area contributed by atoms with E-state index in [1.165, 1.54) is 5.56 Å². The van der Waals surface area contributed by atoms with Crippen LogP contribution in [0.1, 0.15) is 34.8 Å². The van der Waals surface area contributed by atoms with E-state index in [-0.39, 0.29) is 0 Å². The Kier molecular flexibility index (Phi) is 3.61. The van der Waals surface area contributed by atoms with Crippen LogP contribution in [0, 0.1) is 18.3 Å². The summed E-state index contributed by atoms with van der Waals surface area (Å²) in [6.45, 7) is 2.01. The summed E-state index contributed by atoms with van der Waals surface area (Å²) in [5.41, 5.74) is 3.20. The lowest BCUT2D eigenvalue weighted by molar-refractivity contribution is 0.111. The molecule has 0 radical (unpaired) electrons. The highest BCUT2D eigenvalue weighted by atomic mass is 79.9. The van der Waals surface area contributed by atoms with Gasteiger partial charge in [0.2, 0.25) is 0 Å². The minimum Gasteiger partial charge on any atom is -0.386 e. The van der Waals surface area contributed by atoms with Gasteiger partial charge in [0.15, 0.2) is 0 Å². The van der Waals surface area contributed by atoms with Gasteiger partial charge in [0.25, 0.3) is 0 Å². The van der Waals surface area contributed by atoms with Crippen LogP contribution < -0.4 is 0 Å². The van der Waals surface area contributed by atoms with Crippen molar-refractivity contribution in [3.63, 3.8) is 0 Å². The molecule has 1 aliphatic carbocycles. The van der Waals surface area contributed by atoms with E-state index in [2.05, 4.69) is 22.0 Å². The summed E-state index contributed by atoms with van der Waals surface area (Å²) in [4.78, 5) is 0. The summed E-state index contributed by atoms with van der Waals surface area (Å²) in [6, 6.07) is 16.1. The smallest absolute Gasteiger partial charge is 0.113 e. The van der Waals surface area contributed by atoms with E-state index in [1.54, 1.807) is 0 Å². The van der Waals surface area contributed by atoms with Gasteiger partial charge in [-0.25, -0.2) is 0 Å². The lowest BCUT2D eigenvalue weighted by Crippen LogP contribution is -2.29. The predicted octanol–water partition coefficient (Wildman–Crippen LogP) is 4.20. The zero-order chi connectivity index (χ0) is 15.0. The van der Waals surface area contributed by atoms with E-state index >= 15 is 0 Å². The van der Waals surface area contributed by atoms with Crippen molar-refractivity contribution in [1.29, 1.82) is 5.26 Å². The van der Waals surface area contributed by atoms with Gasteiger partial charge in [0.1, 0.15) is 11.5 Å². The Balaban J connectivity index is 2.09. The van der Waals surface area contributed by atoms with Gasteiger partial charge in [-0.2, -0.15) is 5.26 Å². The van der Waals surface area contributed by atoms with Crippen LogP contribution in [0.4, 0.5) is 0 Å². The average molecular weight is 342 g/mol. The average Bonchev–Trinajstić information content (AvgIpc) is 2.89. The molecule has 3 heteroatoms. The summed E-state index contributed by atoms with van der Waals surface area (Å²) in [6.07, 6.45) is 0.687. The Hall–Kier alpha value is -1.63. The zero-order valence-electron chi connectivity index (χ0n) is 11.8. The summed E-state index contributed by atoms with van der Waals surface area (Å²) in [7, 11) is 0.